The molecule has 9 heteroatoms. The third-order valence-corrected chi connectivity index (χ3v) is 5.99. The van der Waals surface area contributed by atoms with Gasteiger partial charge in [-0.05, 0) is 56.7 Å². The standard InChI is InChI=1S/C20H23ClN2O5S/c1-20(2,3)23-29(26,27)17-11-15(9-10-16(17)21)18(24)22-12-13-5-7-14(8-6-13)19(25)28-4/h5-11,23H,12H2,1-4H3,(H,22,24). The van der Waals surface area contributed by atoms with Gasteiger partial charge in [0.15, 0.2) is 0 Å². The van der Waals surface area contributed by atoms with Crippen LogP contribution in [0.5, 0.6) is 0 Å². The molecule has 2 aromatic rings. The Morgan fingerprint density at radius 1 is 1.03 bits per heavy atom. The van der Waals surface area contributed by atoms with Gasteiger partial charge in [0.25, 0.3) is 5.91 Å². The Morgan fingerprint density at radius 3 is 2.17 bits per heavy atom. The van der Waals surface area contributed by atoms with Crippen molar-refractivity contribution >= 4 is 33.5 Å². The van der Waals surface area contributed by atoms with E-state index in [1.54, 1.807) is 45.0 Å². The van der Waals surface area contributed by atoms with E-state index in [0.717, 1.165) is 5.56 Å². The molecule has 0 aliphatic rings. The van der Waals surface area contributed by atoms with Crippen LogP contribution in [-0.4, -0.2) is 32.9 Å². The zero-order valence-electron chi connectivity index (χ0n) is 16.6. The normalized spacial score (nSPS) is 11.8. The highest BCUT2D eigenvalue weighted by atomic mass is 35.5. The van der Waals surface area contributed by atoms with E-state index in [2.05, 4.69) is 14.8 Å². The predicted octanol–water partition coefficient (Wildman–Crippen LogP) is 3.13. The first-order chi connectivity index (χ1) is 13.4. The fourth-order valence-corrected chi connectivity index (χ4v) is 4.41. The number of esters is 1. The number of sulfonamides is 1. The molecule has 0 aromatic heterocycles. The summed E-state index contributed by atoms with van der Waals surface area (Å²) < 4.78 is 32.3. The number of methoxy groups -OCH3 is 1. The Bertz CT molecular complexity index is 1010. The van der Waals surface area contributed by atoms with E-state index in [4.69, 9.17) is 11.6 Å². The highest BCUT2D eigenvalue weighted by Crippen LogP contribution is 2.24. The Hall–Kier alpha value is -2.42. The van der Waals surface area contributed by atoms with Gasteiger partial charge in [-0.25, -0.2) is 17.9 Å². The van der Waals surface area contributed by atoms with Crippen LogP contribution in [0.15, 0.2) is 47.4 Å². The lowest BCUT2D eigenvalue weighted by Gasteiger charge is -2.21. The molecule has 0 atom stereocenters. The molecule has 2 rings (SSSR count). The van der Waals surface area contributed by atoms with Crippen molar-refractivity contribution in [2.45, 2.75) is 37.8 Å². The average molecular weight is 439 g/mol. The molecule has 0 radical (unpaired) electrons. The molecule has 2 aromatic carbocycles. The van der Waals surface area contributed by atoms with Gasteiger partial charge >= 0.3 is 5.97 Å². The summed E-state index contributed by atoms with van der Waals surface area (Å²) in [5, 5.41) is 2.74. The van der Waals surface area contributed by atoms with E-state index in [1.165, 1.54) is 25.3 Å². The van der Waals surface area contributed by atoms with Gasteiger partial charge in [0.2, 0.25) is 10.0 Å². The second-order valence-electron chi connectivity index (χ2n) is 7.37. The maximum absolute atomic E-state index is 12.6. The average Bonchev–Trinajstić information content (AvgIpc) is 2.64. The fraction of sp³-hybridized carbons (Fsp3) is 0.300. The zero-order valence-corrected chi connectivity index (χ0v) is 18.1. The lowest BCUT2D eigenvalue weighted by molar-refractivity contribution is 0.0600. The highest BCUT2D eigenvalue weighted by molar-refractivity contribution is 7.89. The first-order valence-corrected chi connectivity index (χ1v) is 10.6. The fourth-order valence-electron chi connectivity index (χ4n) is 2.47. The first kappa shape index (κ1) is 22.9. The quantitative estimate of drug-likeness (QED) is 0.674. The van der Waals surface area contributed by atoms with Crippen molar-refractivity contribution in [2.75, 3.05) is 7.11 Å². The van der Waals surface area contributed by atoms with Crippen LogP contribution in [0, 0.1) is 0 Å². The molecular weight excluding hydrogens is 416 g/mol. The lowest BCUT2D eigenvalue weighted by atomic mass is 10.1. The Kier molecular flexibility index (Phi) is 7.05. The van der Waals surface area contributed by atoms with Gasteiger partial charge in [-0.1, -0.05) is 23.7 Å². The topological polar surface area (TPSA) is 102 Å². The molecule has 0 saturated heterocycles. The molecule has 0 spiro atoms. The lowest BCUT2D eigenvalue weighted by Crippen LogP contribution is -2.40. The Morgan fingerprint density at radius 2 is 1.62 bits per heavy atom. The summed E-state index contributed by atoms with van der Waals surface area (Å²) in [6.07, 6.45) is 0. The monoisotopic (exact) mass is 438 g/mol. The molecule has 0 aliphatic carbocycles. The molecule has 1 amide bonds. The number of hydrogen-bond acceptors (Lipinski definition) is 5. The number of halogens is 1. The minimum absolute atomic E-state index is 0.0247. The van der Waals surface area contributed by atoms with Crippen LogP contribution in [0.2, 0.25) is 5.02 Å². The van der Waals surface area contributed by atoms with Gasteiger partial charge in [-0.2, -0.15) is 0 Å². The number of carbonyl (C=O) groups excluding carboxylic acids is 2. The van der Waals surface area contributed by atoms with Gasteiger partial charge < -0.3 is 10.1 Å². The molecular formula is C20H23ClN2O5S. The minimum atomic E-state index is -3.89. The van der Waals surface area contributed by atoms with E-state index >= 15 is 0 Å². The maximum atomic E-state index is 12.6. The van der Waals surface area contributed by atoms with Crippen LogP contribution in [-0.2, 0) is 21.3 Å². The number of carbonyl (C=O) groups is 2. The number of amides is 1. The number of hydrogen-bond donors (Lipinski definition) is 2. The van der Waals surface area contributed by atoms with Gasteiger partial charge in [0.1, 0.15) is 4.90 Å². The molecule has 29 heavy (non-hydrogen) atoms. The summed E-state index contributed by atoms with van der Waals surface area (Å²) in [5.74, 6) is -0.898. The molecule has 2 N–H and O–H groups in total. The predicted molar refractivity (Wildman–Crippen MR) is 110 cm³/mol. The smallest absolute Gasteiger partial charge is 0.337 e. The van der Waals surface area contributed by atoms with Crippen molar-refractivity contribution < 1.29 is 22.7 Å². The van der Waals surface area contributed by atoms with Crippen LogP contribution in [0.1, 0.15) is 47.1 Å². The molecule has 0 bridgehead atoms. The van der Waals surface area contributed by atoms with Crippen LogP contribution in [0.4, 0.5) is 0 Å². The van der Waals surface area contributed by atoms with Crippen molar-refractivity contribution in [2.24, 2.45) is 0 Å². The molecule has 156 valence electrons. The Labute approximate surface area is 175 Å². The van der Waals surface area contributed by atoms with Crippen LogP contribution in [0.25, 0.3) is 0 Å². The largest absolute Gasteiger partial charge is 0.465 e. The second kappa shape index (κ2) is 8.94. The summed E-state index contributed by atoms with van der Waals surface area (Å²) in [7, 11) is -2.59. The minimum Gasteiger partial charge on any atom is -0.465 e. The number of nitrogens with one attached hydrogen (secondary N) is 2. The summed E-state index contributed by atoms with van der Waals surface area (Å²) in [6, 6.07) is 10.6. The Balaban J connectivity index is 2.15. The van der Waals surface area contributed by atoms with Crippen molar-refractivity contribution in [3.63, 3.8) is 0 Å². The molecule has 7 nitrogen and oxygen atoms in total. The number of benzene rings is 2. The van der Waals surface area contributed by atoms with Gasteiger partial charge in [-0.3, -0.25) is 4.79 Å². The van der Waals surface area contributed by atoms with Gasteiger partial charge in [-0.15, -0.1) is 0 Å². The third kappa shape index (κ3) is 6.28. The first-order valence-electron chi connectivity index (χ1n) is 8.72. The molecule has 0 fully saturated rings. The van der Waals surface area contributed by atoms with Gasteiger partial charge in [0, 0.05) is 17.6 Å². The van der Waals surface area contributed by atoms with Crippen molar-refractivity contribution in [3.8, 4) is 0 Å². The summed E-state index contributed by atoms with van der Waals surface area (Å²) in [4.78, 5) is 23.8. The summed E-state index contributed by atoms with van der Waals surface area (Å²) >= 11 is 6.05. The van der Waals surface area contributed by atoms with Crippen LogP contribution < -0.4 is 10.0 Å². The third-order valence-electron chi connectivity index (χ3n) is 3.75. The molecule has 0 unspecified atom stereocenters. The summed E-state index contributed by atoms with van der Waals surface area (Å²) in [6.45, 7) is 5.33. The van der Waals surface area contributed by atoms with Crippen molar-refractivity contribution in [1.82, 2.24) is 10.0 Å². The molecule has 0 aliphatic heterocycles. The SMILES string of the molecule is COC(=O)c1ccc(CNC(=O)c2ccc(Cl)c(S(=O)(=O)NC(C)(C)C)c2)cc1. The van der Waals surface area contributed by atoms with E-state index < -0.39 is 27.4 Å². The number of ether oxygens (including phenoxy) is 1. The van der Waals surface area contributed by atoms with Crippen molar-refractivity contribution in [1.29, 1.82) is 0 Å². The zero-order chi connectivity index (χ0) is 21.8. The van der Waals surface area contributed by atoms with Gasteiger partial charge in [0.05, 0.1) is 17.7 Å². The highest BCUT2D eigenvalue weighted by Gasteiger charge is 2.25. The van der Waals surface area contributed by atoms with E-state index in [1.807, 2.05) is 0 Å². The molecule has 0 heterocycles. The summed E-state index contributed by atoms with van der Waals surface area (Å²) in [5.41, 5.74) is 0.634. The van der Waals surface area contributed by atoms with E-state index in [9.17, 15) is 18.0 Å². The molecule has 0 saturated carbocycles. The number of rotatable bonds is 6. The van der Waals surface area contributed by atoms with Crippen LogP contribution in [0.3, 0.4) is 0 Å². The van der Waals surface area contributed by atoms with E-state index in [-0.39, 0.29) is 22.0 Å². The maximum Gasteiger partial charge on any atom is 0.337 e. The second-order valence-corrected chi connectivity index (χ2v) is 9.43. The van der Waals surface area contributed by atoms with E-state index in [0.29, 0.717) is 5.56 Å². The van der Waals surface area contributed by atoms with Crippen LogP contribution >= 0.6 is 11.6 Å². The van der Waals surface area contributed by atoms with Crippen molar-refractivity contribution in [3.05, 3.63) is 64.2 Å².